The molecule has 7 nitrogen and oxygen atoms in total. The first-order chi connectivity index (χ1) is 20.4. The zero-order valence-electron chi connectivity index (χ0n) is 24.1. The van der Waals surface area contributed by atoms with E-state index in [1.54, 1.807) is 30.3 Å². The van der Waals surface area contributed by atoms with Crippen molar-refractivity contribution in [3.63, 3.8) is 0 Å². The van der Waals surface area contributed by atoms with Gasteiger partial charge in [-0.15, -0.1) is 0 Å². The van der Waals surface area contributed by atoms with Gasteiger partial charge in [0, 0.05) is 17.5 Å². The fourth-order valence-corrected chi connectivity index (χ4v) is 5.29. The van der Waals surface area contributed by atoms with E-state index >= 15 is 0 Å². The second-order valence-corrected chi connectivity index (χ2v) is 11.3. The van der Waals surface area contributed by atoms with E-state index in [1.165, 1.54) is 24.8 Å². The van der Waals surface area contributed by atoms with Gasteiger partial charge in [-0.25, -0.2) is 4.39 Å². The number of amides is 2. The van der Waals surface area contributed by atoms with E-state index in [-0.39, 0.29) is 23.5 Å². The lowest BCUT2D eigenvalue weighted by atomic mass is 9.95. The summed E-state index contributed by atoms with van der Waals surface area (Å²) >= 11 is 0. The van der Waals surface area contributed by atoms with Crippen LogP contribution in [0.1, 0.15) is 71.0 Å². The molecule has 5 rings (SSSR count). The molecule has 0 radical (unpaired) electrons. The van der Waals surface area contributed by atoms with Crippen molar-refractivity contribution < 1.29 is 23.1 Å². The zero-order valence-corrected chi connectivity index (χ0v) is 24.1. The van der Waals surface area contributed by atoms with Crippen LogP contribution in [0.15, 0.2) is 77.4 Å². The second kappa shape index (κ2) is 13.7. The van der Waals surface area contributed by atoms with Crippen molar-refractivity contribution in [3.8, 4) is 5.75 Å². The molecule has 1 aliphatic rings. The van der Waals surface area contributed by atoms with E-state index in [2.05, 4.69) is 16.0 Å². The molecule has 0 bridgehead atoms. The van der Waals surface area contributed by atoms with Gasteiger partial charge in [0.05, 0.1) is 18.2 Å². The number of rotatable bonds is 11. The van der Waals surface area contributed by atoms with E-state index in [4.69, 9.17) is 9.15 Å². The number of halogens is 1. The van der Waals surface area contributed by atoms with E-state index in [0.29, 0.717) is 58.0 Å². The molecule has 3 aromatic carbocycles. The molecule has 1 fully saturated rings. The van der Waals surface area contributed by atoms with Crippen LogP contribution in [0.2, 0.25) is 0 Å². The van der Waals surface area contributed by atoms with Crippen LogP contribution in [-0.2, 0) is 0 Å². The summed E-state index contributed by atoms with van der Waals surface area (Å²) in [4.78, 5) is 26.8. The fraction of sp³-hybridized carbons (Fsp3) is 0.353. The minimum absolute atomic E-state index is 0.225. The van der Waals surface area contributed by atoms with Crippen molar-refractivity contribution in [2.24, 2.45) is 11.8 Å². The Labute approximate surface area is 245 Å². The third-order valence-electron chi connectivity index (χ3n) is 7.59. The molecule has 2 heterocycles. The molecular formula is C34H38FN3O4. The first kappa shape index (κ1) is 29.3. The van der Waals surface area contributed by atoms with Crippen LogP contribution >= 0.6 is 0 Å². The van der Waals surface area contributed by atoms with Gasteiger partial charge in [-0.1, -0.05) is 44.2 Å². The van der Waals surface area contributed by atoms with Crippen molar-refractivity contribution in [2.45, 2.75) is 39.2 Å². The number of carbonyl (C=O) groups is 2. The Bertz CT molecular complexity index is 1510. The van der Waals surface area contributed by atoms with E-state index in [1.807, 2.05) is 38.1 Å². The predicted molar refractivity (Wildman–Crippen MR) is 161 cm³/mol. The predicted octanol–water partition coefficient (Wildman–Crippen LogP) is 6.25. The Morgan fingerprint density at radius 2 is 1.86 bits per heavy atom. The van der Waals surface area contributed by atoms with E-state index in [0.717, 1.165) is 25.9 Å². The van der Waals surface area contributed by atoms with Crippen LogP contribution < -0.4 is 20.7 Å². The molecule has 8 heteroatoms. The highest BCUT2D eigenvalue weighted by Gasteiger charge is 2.23. The average Bonchev–Trinajstić information content (AvgIpc) is 3.44. The summed E-state index contributed by atoms with van der Waals surface area (Å²) in [6.07, 6.45) is 4.66. The van der Waals surface area contributed by atoms with Crippen molar-refractivity contribution in [2.75, 3.05) is 26.2 Å². The summed E-state index contributed by atoms with van der Waals surface area (Å²) in [6, 6.07) is 18.0. The maximum Gasteiger partial charge on any atom is 0.255 e. The Kier molecular flexibility index (Phi) is 9.54. The Morgan fingerprint density at radius 1 is 1.05 bits per heavy atom. The van der Waals surface area contributed by atoms with Gasteiger partial charge in [0.15, 0.2) is 0 Å². The molecule has 2 atom stereocenters. The molecule has 1 aliphatic heterocycles. The molecule has 1 aromatic heterocycles. The van der Waals surface area contributed by atoms with Crippen LogP contribution in [0.25, 0.3) is 11.0 Å². The van der Waals surface area contributed by atoms with E-state index < -0.39 is 6.04 Å². The summed E-state index contributed by atoms with van der Waals surface area (Å²) in [5.74, 6) is 0.418. The van der Waals surface area contributed by atoms with Crippen LogP contribution in [0.3, 0.4) is 0 Å². The molecule has 2 unspecified atom stereocenters. The van der Waals surface area contributed by atoms with Gasteiger partial charge in [0.1, 0.15) is 23.4 Å². The first-order valence-electron chi connectivity index (χ1n) is 14.7. The molecule has 0 spiro atoms. The van der Waals surface area contributed by atoms with Crippen LogP contribution in [0, 0.1) is 17.7 Å². The fourth-order valence-electron chi connectivity index (χ4n) is 5.29. The SMILES string of the molecule is CC(C)CNC(=O)c1cc(OCCC2CCCNC2)cc(C(NC(=O)c2coc3ccccc23)c2ccc(F)cc2)c1. The largest absolute Gasteiger partial charge is 0.494 e. The standard InChI is InChI=1S/C34H38FN3O4/c1-22(2)19-37-33(39)26-16-25(17-28(18-26)41-15-13-23-6-5-14-36-20-23)32(24-9-11-27(35)12-10-24)38-34(40)30-21-42-31-8-4-3-7-29(30)31/h3-4,7-12,16-18,21-23,32,36H,5-6,13-15,19-20H2,1-2H3,(H,37,39)(H,38,40). The van der Waals surface area contributed by atoms with Crippen LogP contribution in [0.4, 0.5) is 4.39 Å². The molecule has 4 aromatic rings. The lowest BCUT2D eigenvalue weighted by molar-refractivity contribution is 0.0940. The van der Waals surface area contributed by atoms with Gasteiger partial charge in [0.25, 0.3) is 11.8 Å². The Morgan fingerprint density at radius 3 is 2.62 bits per heavy atom. The van der Waals surface area contributed by atoms with E-state index in [9.17, 15) is 14.0 Å². The zero-order chi connectivity index (χ0) is 29.5. The number of nitrogens with one attached hydrogen (secondary N) is 3. The molecule has 2 amide bonds. The Balaban J connectivity index is 1.47. The number of piperidine rings is 1. The molecule has 42 heavy (non-hydrogen) atoms. The molecule has 1 saturated heterocycles. The molecule has 3 N–H and O–H groups in total. The summed E-state index contributed by atoms with van der Waals surface area (Å²) in [7, 11) is 0. The summed E-state index contributed by atoms with van der Waals surface area (Å²) in [5, 5.41) is 10.2. The number of carbonyl (C=O) groups excluding carboxylic acids is 2. The van der Waals surface area contributed by atoms with Crippen molar-refractivity contribution in [1.29, 1.82) is 0 Å². The van der Waals surface area contributed by atoms with Crippen molar-refractivity contribution in [3.05, 3.63) is 101 Å². The average molecular weight is 572 g/mol. The summed E-state index contributed by atoms with van der Waals surface area (Å²) in [6.45, 7) is 7.14. The van der Waals surface area contributed by atoms with Gasteiger partial charge in [-0.2, -0.15) is 0 Å². The number of fused-ring (bicyclic) bond motifs is 1. The normalized spacial score (nSPS) is 15.9. The van der Waals surface area contributed by atoms with Gasteiger partial charge < -0.3 is 25.1 Å². The summed E-state index contributed by atoms with van der Waals surface area (Å²) in [5.41, 5.74) is 2.73. The molecular weight excluding hydrogens is 533 g/mol. The number of benzene rings is 3. The summed E-state index contributed by atoms with van der Waals surface area (Å²) < 4.78 is 25.7. The lowest BCUT2D eigenvalue weighted by Crippen LogP contribution is -2.31. The first-order valence-corrected chi connectivity index (χ1v) is 14.7. The maximum atomic E-state index is 13.9. The van der Waals surface area contributed by atoms with Crippen molar-refractivity contribution >= 4 is 22.8 Å². The van der Waals surface area contributed by atoms with Crippen LogP contribution in [-0.4, -0.2) is 38.1 Å². The highest BCUT2D eigenvalue weighted by atomic mass is 19.1. The lowest BCUT2D eigenvalue weighted by Gasteiger charge is -2.23. The highest BCUT2D eigenvalue weighted by Crippen LogP contribution is 2.30. The minimum atomic E-state index is -0.686. The number of para-hydroxylation sites is 1. The van der Waals surface area contributed by atoms with Gasteiger partial charge in [-0.05, 0) is 91.7 Å². The number of hydrogen-bond donors (Lipinski definition) is 3. The van der Waals surface area contributed by atoms with Gasteiger partial charge in [-0.3, -0.25) is 9.59 Å². The molecule has 0 aliphatic carbocycles. The van der Waals surface area contributed by atoms with Crippen LogP contribution in [0.5, 0.6) is 5.75 Å². The number of ether oxygens (including phenoxy) is 1. The number of furan rings is 1. The number of hydrogen-bond acceptors (Lipinski definition) is 5. The smallest absolute Gasteiger partial charge is 0.255 e. The monoisotopic (exact) mass is 571 g/mol. The quantitative estimate of drug-likeness (QED) is 0.198. The Hall–Kier alpha value is -4.17. The molecule has 220 valence electrons. The third-order valence-corrected chi connectivity index (χ3v) is 7.59. The van der Waals surface area contributed by atoms with Gasteiger partial charge in [0.2, 0.25) is 0 Å². The minimum Gasteiger partial charge on any atom is -0.494 e. The second-order valence-electron chi connectivity index (χ2n) is 11.3. The highest BCUT2D eigenvalue weighted by molar-refractivity contribution is 6.06. The topological polar surface area (TPSA) is 92.6 Å². The molecule has 0 saturated carbocycles. The van der Waals surface area contributed by atoms with Crippen molar-refractivity contribution in [1.82, 2.24) is 16.0 Å². The van der Waals surface area contributed by atoms with Gasteiger partial charge >= 0.3 is 0 Å². The maximum absolute atomic E-state index is 13.9. The third kappa shape index (κ3) is 7.36.